The number of rotatable bonds is 3. The zero-order chi connectivity index (χ0) is 23.5. The Kier molecular flexibility index (Phi) is 4.31. The molecule has 3 aliphatic rings. The highest BCUT2D eigenvalue weighted by Gasteiger charge is 2.36. The predicted octanol–water partition coefficient (Wildman–Crippen LogP) is 5.39. The van der Waals surface area contributed by atoms with Crippen LogP contribution in [0.15, 0.2) is 71.3 Å². The standard InChI is InChI=1S/C28H34N2/c1-19(2)29-14-13-23-16-30(20(3)4)18-27(26(23)17-29)28-24-11-7-5-9-21(24)15-22-10-6-8-12-25(22)28/h5-13,19-20,28H,14-18H2,1-4H3/i15D2,28D. The van der Waals surface area contributed by atoms with Gasteiger partial charge in [-0.2, -0.15) is 0 Å². The van der Waals surface area contributed by atoms with Crippen LogP contribution in [0.3, 0.4) is 0 Å². The van der Waals surface area contributed by atoms with Gasteiger partial charge in [-0.25, -0.2) is 0 Å². The number of nitrogens with zero attached hydrogens (tertiary/aromatic N) is 2. The second-order valence-electron chi connectivity index (χ2n) is 9.30. The van der Waals surface area contributed by atoms with Crippen LogP contribution in [-0.2, 0) is 6.37 Å². The summed E-state index contributed by atoms with van der Waals surface area (Å²) in [5.41, 5.74) is 6.54. The van der Waals surface area contributed by atoms with Crippen molar-refractivity contribution in [2.75, 3.05) is 26.2 Å². The second kappa shape index (κ2) is 7.83. The Morgan fingerprint density at radius 3 is 2.03 bits per heavy atom. The fourth-order valence-electron chi connectivity index (χ4n) is 4.97. The molecule has 0 fully saturated rings. The van der Waals surface area contributed by atoms with E-state index in [-0.39, 0.29) is 0 Å². The van der Waals surface area contributed by atoms with Gasteiger partial charge in [0.05, 0.1) is 0 Å². The van der Waals surface area contributed by atoms with E-state index in [4.69, 9.17) is 2.74 Å². The maximum Gasteiger partial charge on any atom is 0.0450 e. The van der Waals surface area contributed by atoms with Crippen LogP contribution in [0.5, 0.6) is 0 Å². The molecule has 2 aromatic carbocycles. The highest BCUT2D eigenvalue weighted by atomic mass is 15.2. The quantitative estimate of drug-likeness (QED) is 0.680. The normalized spacial score (nSPS) is 24.5. The lowest BCUT2D eigenvalue weighted by Gasteiger charge is -2.43. The molecule has 1 aliphatic carbocycles. The summed E-state index contributed by atoms with van der Waals surface area (Å²) in [6.45, 7) is 12.4. The lowest BCUT2D eigenvalue weighted by molar-refractivity contribution is 0.224. The van der Waals surface area contributed by atoms with E-state index in [0.717, 1.165) is 42.9 Å². The highest BCUT2D eigenvalue weighted by Crippen LogP contribution is 2.45. The summed E-state index contributed by atoms with van der Waals surface area (Å²) in [4.78, 5) is 4.92. The molecule has 0 unspecified atom stereocenters. The van der Waals surface area contributed by atoms with Gasteiger partial charge in [0.25, 0.3) is 0 Å². The topological polar surface area (TPSA) is 6.48 Å². The molecule has 156 valence electrons. The minimum absolute atomic E-state index is 0.370. The third kappa shape index (κ3) is 3.36. The first-order chi connectivity index (χ1) is 15.7. The van der Waals surface area contributed by atoms with Gasteiger partial charge in [0.15, 0.2) is 0 Å². The molecule has 2 aliphatic heterocycles. The maximum absolute atomic E-state index is 10.2. The van der Waals surface area contributed by atoms with Crippen molar-refractivity contribution in [2.24, 2.45) is 0 Å². The van der Waals surface area contributed by atoms with E-state index < -0.39 is 12.3 Å². The molecule has 2 aromatic rings. The first kappa shape index (κ1) is 16.5. The molecule has 0 spiro atoms. The van der Waals surface area contributed by atoms with E-state index in [2.05, 4.69) is 43.6 Å². The lowest BCUT2D eigenvalue weighted by atomic mass is 9.71. The largest absolute Gasteiger partial charge is 0.293 e. The smallest absolute Gasteiger partial charge is 0.0450 e. The van der Waals surface area contributed by atoms with Crippen molar-refractivity contribution < 1.29 is 4.11 Å². The molecule has 0 atom stereocenters. The van der Waals surface area contributed by atoms with Crippen molar-refractivity contribution in [2.45, 2.75) is 52.0 Å². The van der Waals surface area contributed by atoms with E-state index in [1.165, 1.54) is 11.1 Å². The molecule has 0 radical (unpaired) electrons. The van der Waals surface area contributed by atoms with Gasteiger partial charge in [-0.15, -0.1) is 0 Å². The van der Waals surface area contributed by atoms with E-state index >= 15 is 0 Å². The van der Waals surface area contributed by atoms with Crippen molar-refractivity contribution in [3.63, 3.8) is 0 Å². The molecule has 0 aromatic heterocycles. The van der Waals surface area contributed by atoms with Crippen LogP contribution in [0.2, 0.25) is 0 Å². The van der Waals surface area contributed by atoms with Gasteiger partial charge in [0.1, 0.15) is 0 Å². The summed E-state index contributed by atoms with van der Waals surface area (Å²) >= 11 is 0. The van der Waals surface area contributed by atoms with Crippen molar-refractivity contribution in [3.8, 4) is 0 Å². The summed E-state index contributed by atoms with van der Waals surface area (Å²) in [7, 11) is 0. The van der Waals surface area contributed by atoms with Gasteiger partial charge in [-0.05, 0) is 73.0 Å². The van der Waals surface area contributed by atoms with Gasteiger partial charge in [0.2, 0.25) is 0 Å². The van der Waals surface area contributed by atoms with Crippen LogP contribution in [0, 0.1) is 0 Å². The summed E-state index contributed by atoms with van der Waals surface area (Å²) in [6.07, 6.45) is 0.737. The second-order valence-corrected chi connectivity index (χ2v) is 9.30. The SMILES string of the molecule is [2H]C1([2H])c2ccccc2C([2H])(C2=C3CN(C(C)C)CC=C3CN(C(C)C)C2)c2ccccc21. The summed E-state index contributed by atoms with van der Waals surface area (Å²) < 4.78 is 28.2. The molecule has 0 amide bonds. The zero-order valence-corrected chi connectivity index (χ0v) is 18.6. The summed E-state index contributed by atoms with van der Waals surface area (Å²) in [5, 5.41) is 0. The van der Waals surface area contributed by atoms with E-state index in [1.807, 2.05) is 48.5 Å². The van der Waals surface area contributed by atoms with Crippen LogP contribution >= 0.6 is 0 Å². The van der Waals surface area contributed by atoms with Crippen LogP contribution in [-0.4, -0.2) is 48.1 Å². The van der Waals surface area contributed by atoms with Crippen molar-refractivity contribution in [3.05, 3.63) is 93.6 Å². The number of benzene rings is 2. The Bertz CT molecular complexity index is 1100. The minimum atomic E-state index is -1.62. The molecule has 2 nitrogen and oxygen atoms in total. The van der Waals surface area contributed by atoms with Gasteiger partial charge >= 0.3 is 0 Å². The van der Waals surface area contributed by atoms with Crippen LogP contribution in [0.4, 0.5) is 0 Å². The van der Waals surface area contributed by atoms with Crippen LogP contribution in [0.25, 0.3) is 0 Å². The third-order valence-electron chi connectivity index (χ3n) is 6.84. The maximum atomic E-state index is 10.2. The number of fused-ring (bicyclic) bond motifs is 3. The molecule has 2 heterocycles. The average Bonchev–Trinajstić information content (AvgIpc) is 2.81. The molecule has 30 heavy (non-hydrogen) atoms. The molecule has 0 N–H and O–H groups in total. The Labute approximate surface area is 186 Å². The van der Waals surface area contributed by atoms with Crippen LogP contribution in [0.1, 0.15) is 60.0 Å². The number of hydrogen-bond donors (Lipinski definition) is 0. The molecule has 5 rings (SSSR count). The molecule has 0 bridgehead atoms. The molecule has 0 saturated heterocycles. The molecule has 2 heteroatoms. The van der Waals surface area contributed by atoms with Gasteiger partial charge in [-0.3, -0.25) is 9.80 Å². The molecule has 0 saturated carbocycles. The van der Waals surface area contributed by atoms with E-state index in [9.17, 15) is 1.37 Å². The van der Waals surface area contributed by atoms with Crippen molar-refractivity contribution >= 4 is 0 Å². The Hall–Kier alpha value is -2.16. The van der Waals surface area contributed by atoms with Gasteiger partial charge in [-0.1, -0.05) is 54.6 Å². The van der Waals surface area contributed by atoms with Crippen molar-refractivity contribution in [1.29, 1.82) is 0 Å². The first-order valence-corrected chi connectivity index (χ1v) is 11.3. The van der Waals surface area contributed by atoms with Gasteiger partial charge in [0, 0.05) is 48.3 Å². The third-order valence-corrected chi connectivity index (χ3v) is 6.84. The zero-order valence-electron chi connectivity index (χ0n) is 21.6. The van der Waals surface area contributed by atoms with Gasteiger partial charge < -0.3 is 0 Å². The Balaban J connectivity index is 1.81. The average molecular weight is 402 g/mol. The molecular formula is C28H34N2. The fourth-order valence-corrected chi connectivity index (χ4v) is 4.97. The highest BCUT2D eigenvalue weighted by molar-refractivity contribution is 5.58. The fraction of sp³-hybridized carbons (Fsp3) is 0.429. The monoisotopic (exact) mass is 401 g/mol. The van der Waals surface area contributed by atoms with E-state index in [1.54, 1.807) is 0 Å². The van der Waals surface area contributed by atoms with Crippen LogP contribution < -0.4 is 0 Å². The Morgan fingerprint density at radius 1 is 0.833 bits per heavy atom. The van der Waals surface area contributed by atoms with E-state index in [0.29, 0.717) is 23.2 Å². The minimum Gasteiger partial charge on any atom is -0.293 e. The summed E-state index contributed by atoms with van der Waals surface area (Å²) in [5.74, 6) is -1.12. The lowest BCUT2D eigenvalue weighted by Crippen LogP contribution is -2.45. The summed E-state index contributed by atoms with van der Waals surface area (Å²) in [6, 6.07) is 16.2. The number of hydrogen-bond acceptors (Lipinski definition) is 2. The molecular weight excluding hydrogens is 364 g/mol. The first-order valence-electron chi connectivity index (χ1n) is 12.8. The Morgan fingerprint density at radius 2 is 1.43 bits per heavy atom. The van der Waals surface area contributed by atoms with Crippen molar-refractivity contribution in [1.82, 2.24) is 9.80 Å². The predicted molar refractivity (Wildman–Crippen MR) is 126 cm³/mol.